The van der Waals surface area contributed by atoms with E-state index in [0.29, 0.717) is 0 Å². The van der Waals surface area contributed by atoms with Gasteiger partial charge in [0.15, 0.2) is 0 Å². The smallest absolute Gasteiger partial charge is 0.244 e. The van der Waals surface area contributed by atoms with Crippen LogP contribution >= 0.6 is 0 Å². The van der Waals surface area contributed by atoms with Crippen LogP contribution in [-0.4, -0.2) is 23.7 Å². The fourth-order valence-electron chi connectivity index (χ4n) is 1.95. The zero-order valence-corrected chi connectivity index (χ0v) is 11.0. The molecule has 0 aromatic carbocycles. The van der Waals surface area contributed by atoms with Gasteiger partial charge >= 0.3 is 12.4 Å². The zero-order valence-electron chi connectivity index (χ0n) is 11.0. The van der Waals surface area contributed by atoms with Crippen molar-refractivity contribution in [3.05, 3.63) is 12.7 Å². The Morgan fingerprint density at radius 2 is 1.25 bits per heavy atom. The zero-order chi connectivity index (χ0) is 16.4. The summed E-state index contributed by atoms with van der Waals surface area (Å²) in [5, 5.41) is 0. The van der Waals surface area contributed by atoms with E-state index >= 15 is 0 Å². The fourth-order valence-corrected chi connectivity index (χ4v) is 1.95. The van der Waals surface area contributed by atoms with Crippen molar-refractivity contribution < 1.29 is 35.1 Å². The van der Waals surface area contributed by atoms with E-state index in [1.807, 2.05) is 0 Å². The van der Waals surface area contributed by atoms with Crippen LogP contribution in [0.2, 0.25) is 0 Å². The summed E-state index contributed by atoms with van der Waals surface area (Å²) in [6, 6.07) is 0. The quantitative estimate of drug-likeness (QED) is 0.446. The molecule has 0 aliphatic rings. The summed E-state index contributed by atoms with van der Waals surface area (Å²) in [6.45, 7) is 5.19. The number of alkyl halides is 8. The van der Waals surface area contributed by atoms with Crippen molar-refractivity contribution in [1.29, 1.82) is 0 Å². The first-order chi connectivity index (χ1) is 8.64. The Bertz CT molecular complexity index is 306. The summed E-state index contributed by atoms with van der Waals surface area (Å²) in [5.74, 6) is -1.46. The van der Waals surface area contributed by atoms with Gasteiger partial charge in [-0.05, 0) is 32.6 Å². The molecule has 0 amide bonds. The lowest BCUT2D eigenvalue weighted by atomic mass is 9.82. The molecule has 0 rings (SSSR count). The Kier molecular flexibility index (Phi) is 5.65. The SMILES string of the molecule is C=CCC(CC(C)(C)F)CC(F)(C(F)(F)F)C(F)(F)F. The molecule has 8 heteroatoms. The second-order valence-corrected chi connectivity index (χ2v) is 5.31. The van der Waals surface area contributed by atoms with Gasteiger partial charge in [0.05, 0.1) is 0 Å². The molecule has 0 aromatic heterocycles. The minimum Gasteiger partial charge on any atom is -0.244 e. The normalized spacial score (nSPS) is 16.1. The summed E-state index contributed by atoms with van der Waals surface area (Å²) in [7, 11) is 0. The van der Waals surface area contributed by atoms with Crippen LogP contribution in [-0.2, 0) is 0 Å². The highest BCUT2D eigenvalue weighted by atomic mass is 19.4. The third-order valence-electron chi connectivity index (χ3n) is 2.74. The number of hydrogen-bond donors (Lipinski definition) is 0. The average Bonchev–Trinajstić information content (AvgIpc) is 2.11. The van der Waals surface area contributed by atoms with Crippen molar-refractivity contribution in [2.45, 2.75) is 56.8 Å². The van der Waals surface area contributed by atoms with Gasteiger partial charge in [-0.15, -0.1) is 6.58 Å². The van der Waals surface area contributed by atoms with Crippen LogP contribution in [0.4, 0.5) is 35.1 Å². The highest BCUT2D eigenvalue weighted by molar-refractivity contribution is 4.97. The topological polar surface area (TPSA) is 0 Å². The Hall–Kier alpha value is -0.820. The van der Waals surface area contributed by atoms with Crippen molar-refractivity contribution in [2.75, 3.05) is 0 Å². The molecule has 1 unspecified atom stereocenters. The number of halogens is 8. The van der Waals surface area contributed by atoms with Crippen molar-refractivity contribution in [3.8, 4) is 0 Å². The van der Waals surface area contributed by atoms with Gasteiger partial charge in [-0.3, -0.25) is 0 Å². The summed E-state index contributed by atoms with van der Waals surface area (Å²) >= 11 is 0. The predicted octanol–water partition coefficient (Wildman–Crippen LogP) is 5.54. The molecule has 0 saturated heterocycles. The molecular formula is C12H16F8. The minimum atomic E-state index is -6.11. The van der Waals surface area contributed by atoms with Crippen molar-refractivity contribution in [3.63, 3.8) is 0 Å². The highest BCUT2D eigenvalue weighted by Gasteiger charge is 2.72. The number of hydrogen-bond acceptors (Lipinski definition) is 0. The summed E-state index contributed by atoms with van der Waals surface area (Å²) < 4.78 is 101. The van der Waals surface area contributed by atoms with E-state index in [2.05, 4.69) is 6.58 Å². The molecule has 0 nitrogen and oxygen atoms in total. The molecule has 0 bridgehead atoms. The predicted molar refractivity (Wildman–Crippen MR) is 58.7 cm³/mol. The van der Waals surface area contributed by atoms with Crippen LogP contribution < -0.4 is 0 Å². The Balaban J connectivity index is 5.36. The first-order valence-electron chi connectivity index (χ1n) is 5.76. The third kappa shape index (κ3) is 4.94. The van der Waals surface area contributed by atoms with E-state index in [1.54, 1.807) is 0 Å². The van der Waals surface area contributed by atoms with Gasteiger partial charge in [-0.25, -0.2) is 8.78 Å². The minimum absolute atomic E-state index is 0.342. The van der Waals surface area contributed by atoms with E-state index in [4.69, 9.17) is 0 Å². The van der Waals surface area contributed by atoms with Gasteiger partial charge in [-0.1, -0.05) is 6.08 Å². The van der Waals surface area contributed by atoms with Gasteiger partial charge in [0.1, 0.15) is 5.67 Å². The molecule has 0 aliphatic heterocycles. The molecule has 0 N–H and O–H groups in total. The lowest BCUT2D eigenvalue weighted by molar-refractivity contribution is -0.346. The van der Waals surface area contributed by atoms with E-state index in [9.17, 15) is 35.1 Å². The van der Waals surface area contributed by atoms with E-state index < -0.39 is 42.4 Å². The largest absolute Gasteiger partial charge is 0.431 e. The van der Waals surface area contributed by atoms with Crippen molar-refractivity contribution >= 4 is 0 Å². The molecule has 0 aliphatic carbocycles. The molecule has 120 valence electrons. The van der Waals surface area contributed by atoms with Gasteiger partial charge < -0.3 is 0 Å². The first kappa shape index (κ1) is 19.2. The van der Waals surface area contributed by atoms with Crippen molar-refractivity contribution in [2.24, 2.45) is 5.92 Å². The standard InChI is InChI=1S/C12H16F8/c1-4-5-8(6-9(2,3)13)7-10(14,11(15,16)17)12(18,19)20/h4,8H,1,5-7H2,2-3H3. The highest BCUT2D eigenvalue weighted by Crippen LogP contribution is 2.51. The Morgan fingerprint density at radius 3 is 1.50 bits per heavy atom. The lowest BCUT2D eigenvalue weighted by Crippen LogP contribution is -2.54. The number of rotatable bonds is 6. The van der Waals surface area contributed by atoms with Gasteiger partial charge in [0.2, 0.25) is 0 Å². The average molecular weight is 312 g/mol. The Labute approximate surface area is 111 Å². The molecule has 1 atom stereocenters. The molecule has 20 heavy (non-hydrogen) atoms. The first-order valence-corrected chi connectivity index (χ1v) is 5.76. The maximum absolute atomic E-state index is 13.5. The maximum atomic E-state index is 13.5. The van der Waals surface area contributed by atoms with Gasteiger partial charge in [0.25, 0.3) is 5.67 Å². The van der Waals surface area contributed by atoms with E-state index in [0.717, 1.165) is 19.9 Å². The third-order valence-corrected chi connectivity index (χ3v) is 2.74. The number of allylic oxidation sites excluding steroid dienone is 1. The fraction of sp³-hybridized carbons (Fsp3) is 0.833. The second kappa shape index (κ2) is 5.89. The van der Waals surface area contributed by atoms with Crippen molar-refractivity contribution in [1.82, 2.24) is 0 Å². The maximum Gasteiger partial charge on any atom is 0.431 e. The van der Waals surface area contributed by atoms with E-state index in [-0.39, 0.29) is 6.42 Å². The van der Waals surface area contributed by atoms with Crippen LogP contribution in [0.3, 0.4) is 0 Å². The van der Waals surface area contributed by atoms with Crippen LogP contribution in [0.15, 0.2) is 12.7 Å². The second-order valence-electron chi connectivity index (χ2n) is 5.31. The van der Waals surface area contributed by atoms with Crippen LogP contribution in [0.25, 0.3) is 0 Å². The Morgan fingerprint density at radius 1 is 0.850 bits per heavy atom. The van der Waals surface area contributed by atoms with Crippen LogP contribution in [0.5, 0.6) is 0 Å². The molecule has 0 saturated carbocycles. The summed E-state index contributed by atoms with van der Waals surface area (Å²) in [4.78, 5) is 0. The molecule has 0 heterocycles. The summed E-state index contributed by atoms with van der Waals surface area (Å²) in [6.07, 6.45) is -14.0. The molecule has 0 aromatic rings. The summed E-state index contributed by atoms with van der Waals surface area (Å²) in [5.41, 5.74) is -7.36. The van der Waals surface area contributed by atoms with Gasteiger partial charge in [-0.2, -0.15) is 26.3 Å². The molecular weight excluding hydrogens is 296 g/mol. The molecule has 0 spiro atoms. The molecule has 0 radical (unpaired) electrons. The lowest BCUT2D eigenvalue weighted by Gasteiger charge is -2.34. The van der Waals surface area contributed by atoms with Gasteiger partial charge in [0, 0.05) is 6.42 Å². The van der Waals surface area contributed by atoms with Crippen LogP contribution in [0.1, 0.15) is 33.1 Å². The molecule has 0 fully saturated rings. The van der Waals surface area contributed by atoms with E-state index in [1.165, 1.54) is 0 Å². The van der Waals surface area contributed by atoms with Crippen LogP contribution in [0, 0.1) is 5.92 Å². The monoisotopic (exact) mass is 312 g/mol.